The first kappa shape index (κ1) is 70.5. The molecule has 0 bridgehead atoms. The van der Waals surface area contributed by atoms with Gasteiger partial charge in [0.05, 0.1) is 43.4 Å². The van der Waals surface area contributed by atoms with Crippen molar-refractivity contribution in [1.29, 1.82) is 0 Å². The summed E-state index contributed by atoms with van der Waals surface area (Å²) in [6.45, 7) is 7.74. The van der Waals surface area contributed by atoms with Gasteiger partial charge in [-0.1, -0.05) is 148 Å². The number of ketones is 3. The molecule has 0 aliphatic rings. The molecule has 0 aliphatic carbocycles. The molecule has 0 fully saturated rings. The molecule has 0 heterocycles. The molecular formula is C57H101N11O10. The van der Waals surface area contributed by atoms with Crippen molar-refractivity contribution in [2.45, 2.75) is 219 Å². The third kappa shape index (κ3) is 31.2. The zero-order chi connectivity index (χ0) is 58.4. The van der Waals surface area contributed by atoms with Crippen molar-refractivity contribution < 1.29 is 48.9 Å². The van der Waals surface area contributed by atoms with E-state index in [0.29, 0.717) is 31.4 Å². The van der Waals surface area contributed by atoms with E-state index < -0.39 is 121 Å². The number of nitrogens with one attached hydrogen (secondary N) is 4. The molecular weight excluding hydrogens is 999 g/mol. The number of benzene rings is 1. The number of amides is 4. The fourth-order valence-corrected chi connectivity index (χ4v) is 9.23. The predicted molar refractivity (Wildman–Crippen MR) is 306 cm³/mol. The number of aliphatic hydroxyl groups excluding tert-OH is 3. The number of carbonyl (C=O) groups is 7. The number of carbonyl (C=O) groups excluding carboxylic acids is 7. The Morgan fingerprint density at radius 2 is 0.987 bits per heavy atom. The number of unbranched alkanes of at least 4 members (excludes halogenated alkanes) is 13. The number of rotatable bonds is 46. The molecule has 444 valence electrons. The molecule has 78 heavy (non-hydrogen) atoms. The third-order valence-electron chi connectivity index (χ3n) is 14.0. The minimum Gasteiger partial charge on any atom is -0.396 e. The van der Waals surface area contributed by atoms with E-state index in [1.165, 1.54) is 71.1 Å². The lowest BCUT2D eigenvalue weighted by Crippen LogP contribution is -2.59. The van der Waals surface area contributed by atoms with E-state index in [2.05, 4.69) is 38.2 Å². The Hall–Kier alpha value is -5.51. The number of nitrogens with zero attached hydrogens (tertiary/aromatic N) is 2. The molecule has 0 aromatic heterocycles. The van der Waals surface area contributed by atoms with Gasteiger partial charge in [-0.25, -0.2) is 0 Å². The van der Waals surface area contributed by atoms with Gasteiger partial charge in [0.15, 0.2) is 29.3 Å². The molecule has 1 unspecified atom stereocenters. The van der Waals surface area contributed by atoms with Gasteiger partial charge in [0.25, 0.3) is 0 Å². The van der Waals surface area contributed by atoms with Crippen LogP contribution in [0.3, 0.4) is 0 Å². The van der Waals surface area contributed by atoms with Crippen LogP contribution in [-0.2, 0) is 40.0 Å². The van der Waals surface area contributed by atoms with E-state index in [1.807, 2.05) is 6.92 Å². The van der Waals surface area contributed by atoms with Gasteiger partial charge in [0, 0.05) is 38.3 Å². The van der Waals surface area contributed by atoms with Crippen molar-refractivity contribution in [2.75, 3.05) is 26.3 Å². The van der Waals surface area contributed by atoms with Crippen LogP contribution >= 0.6 is 0 Å². The third-order valence-corrected chi connectivity index (χ3v) is 14.0. The summed E-state index contributed by atoms with van der Waals surface area (Å²) < 4.78 is 0. The van der Waals surface area contributed by atoms with E-state index in [4.69, 9.17) is 28.7 Å². The average Bonchev–Trinajstić information content (AvgIpc) is 3.39. The molecule has 0 aliphatic heterocycles. The quantitative estimate of drug-likeness (QED) is 0.0253. The number of aliphatic imine (C=N–C) groups is 2. The molecule has 0 saturated heterocycles. The normalized spacial score (nSPS) is 14.8. The molecule has 4 amide bonds. The summed E-state index contributed by atoms with van der Waals surface area (Å²) >= 11 is 0. The van der Waals surface area contributed by atoms with Crippen LogP contribution in [0.5, 0.6) is 0 Å². The molecule has 21 nitrogen and oxygen atoms in total. The average molecular weight is 1100 g/mol. The molecule has 17 N–H and O–H groups in total. The van der Waals surface area contributed by atoms with Gasteiger partial charge >= 0.3 is 0 Å². The lowest BCUT2D eigenvalue weighted by atomic mass is 9.87. The lowest BCUT2D eigenvalue weighted by molar-refractivity contribution is -0.137. The van der Waals surface area contributed by atoms with Crippen LogP contribution in [-0.4, -0.2) is 131 Å². The Balaban J connectivity index is 3.13. The molecule has 1 aromatic rings. The topological polar surface area (TPSA) is 383 Å². The van der Waals surface area contributed by atoms with Gasteiger partial charge in [0.1, 0.15) is 12.1 Å². The first-order valence-corrected chi connectivity index (χ1v) is 28.7. The fourth-order valence-electron chi connectivity index (χ4n) is 9.23. The maximum absolute atomic E-state index is 14.4. The van der Waals surface area contributed by atoms with E-state index in [9.17, 15) is 48.9 Å². The Morgan fingerprint density at radius 3 is 1.49 bits per heavy atom. The number of hydrogen-bond donors (Lipinski definition) is 12. The Kier molecular flexibility index (Phi) is 37.5. The van der Waals surface area contributed by atoms with Gasteiger partial charge in [-0.15, -0.1) is 0 Å². The monoisotopic (exact) mass is 1100 g/mol. The van der Waals surface area contributed by atoms with Gasteiger partial charge in [-0.05, 0) is 62.8 Å². The second kappa shape index (κ2) is 41.5. The summed E-state index contributed by atoms with van der Waals surface area (Å²) in [4.78, 5) is 104. The van der Waals surface area contributed by atoms with Gasteiger partial charge in [-0.2, -0.15) is 0 Å². The summed E-state index contributed by atoms with van der Waals surface area (Å²) in [5.41, 5.74) is 28.7. The summed E-state index contributed by atoms with van der Waals surface area (Å²) in [5, 5.41) is 41.6. The summed E-state index contributed by atoms with van der Waals surface area (Å²) in [6.07, 6.45) is 16.2. The molecule has 1 aromatic carbocycles. The van der Waals surface area contributed by atoms with Crippen LogP contribution in [0.1, 0.15) is 181 Å². The second-order valence-electron chi connectivity index (χ2n) is 21.5. The predicted octanol–water partition coefficient (Wildman–Crippen LogP) is 3.24. The van der Waals surface area contributed by atoms with Crippen LogP contribution in [0, 0.1) is 23.7 Å². The smallest absolute Gasteiger partial charge is 0.245 e. The highest BCUT2D eigenvalue weighted by Crippen LogP contribution is 2.20. The second-order valence-corrected chi connectivity index (χ2v) is 21.5. The number of nitrogens with two attached hydrogens (primary N) is 5. The van der Waals surface area contributed by atoms with Gasteiger partial charge in [-0.3, -0.25) is 43.5 Å². The first-order valence-electron chi connectivity index (χ1n) is 28.7. The summed E-state index contributed by atoms with van der Waals surface area (Å²) in [6, 6.07) is 2.78. The minimum absolute atomic E-state index is 0.00776. The van der Waals surface area contributed by atoms with Crippen LogP contribution in [0.15, 0.2) is 40.3 Å². The number of aliphatic hydroxyl groups is 3. The van der Waals surface area contributed by atoms with Crippen LogP contribution in [0.2, 0.25) is 0 Å². The highest BCUT2D eigenvalue weighted by Gasteiger charge is 2.36. The van der Waals surface area contributed by atoms with E-state index in [1.54, 1.807) is 44.2 Å². The Labute approximate surface area is 464 Å². The van der Waals surface area contributed by atoms with Crippen molar-refractivity contribution in [3.63, 3.8) is 0 Å². The zero-order valence-electron chi connectivity index (χ0n) is 47.7. The van der Waals surface area contributed by atoms with Crippen LogP contribution in [0.25, 0.3) is 0 Å². The molecule has 0 spiro atoms. The maximum atomic E-state index is 14.4. The van der Waals surface area contributed by atoms with Crippen molar-refractivity contribution in [3.8, 4) is 0 Å². The summed E-state index contributed by atoms with van der Waals surface area (Å²) in [5.74, 6) is -7.93. The standard InChI is InChI=1S/C57H101N11O10/c1-6-7-8-9-10-11-12-13-14-15-16-17-18-22-28-44(58)54(77)68-51(40(5)71)55(78)67-50(38(2)3)49(74)34-42(33-41-26-20-19-21-27-41)52(75)65-45(29-24-31-64-57(61)62)48(73)35-43(36-69)53(76)66-46(37-70)47(72)32-39(4)25-23-30-63-56(59)60/h19-21,26-27,38-40,42-46,50-51,69-71H,6-18,22-25,28-37,58H2,1-5H3,(H,65,75)(H,66,76)(H,67,78)(H,68,77)(H4,59,60,63)(H4,61,62,64)/t39-,40-,42-,43+,44?,45+,46+,50+,51+/m1/s1. The van der Waals surface area contributed by atoms with Gasteiger partial charge in [0.2, 0.25) is 23.6 Å². The first-order chi connectivity index (χ1) is 37.1. The highest BCUT2D eigenvalue weighted by atomic mass is 16.3. The van der Waals surface area contributed by atoms with Crippen LogP contribution < -0.4 is 49.9 Å². The summed E-state index contributed by atoms with van der Waals surface area (Å²) in [7, 11) is 0. The fraction of sp³-hybridized carbons (Fsp3) is 0.737. The molecule has 21 heteroatoms. The van der Waals surface area contributed by atoms with Crippen molar-refractivity contribution in [3.05, 3.63) is 35.9 Å². The number of guanidine groups is 2. The largest absolute Gasteiger partial charge is 0.396 e. The van der Waals surface area contributed by atoms with Crippen LogP contribution in [0.4, 0.5) is 0 Å². The maximum Gasteiger partial charge on any atom is 0.245 e. The molecule has 9 atom stereocenters. The van der Waals surface area contributed by atoms with Crippen molar-refractivity contribution in [2.24, 2.45) is 62.3 Å². The van der Waals surface area contributed by atoms with Gasteiger partial charge < -0.3 is 65.3 Å². The minimum atomic E-state index is -1.44. The van der Waals surface area contributed by atoms with E-state index in [0.717, 1.165) is 25.7 Å². The molecule has 0 saturated carbocycles. The number of Topliss-reactive ketones (excluding diaryl/α,β-unsaturated/α-hetero) is 3. The van der Waals surface area contributed by atoms with Crippen molar-refractivity contribution >= 4 is 52.9 Å². The lowest BCUT2D eigenvalue weighted by Gasteiger charge is -2.28. The van der Waals surface area contributed by atoms with E-state index in [-0.39, 0.29) is 50.1 Å². The number of hydrogen-bond acceptors (Lipinski definition) is 13. The molecule has 1 rings (SSSR count). The molecule has 0 radical (unpaired) electrons. The SMILES string of the molecule is CCCCCCCCCCCCCCCCC(N)C(=O)N[C@H](C(=O)N[C@H](C(=O)C[C@@H](Cc1ccccc1)C(=O)N[C@@H](CCCN=C(N)N)C(=O)C[C@@H](CO)C(=O)N[C@@H](CO)C(=O)C[C@H](C)CCCN=C(N)N)C(C)C)[C@@H](C)O. The Morgan fingerprint density at radius 1 is 0.513 bits per heavy atom. The zero-order valence-corrected chi connectivity index (χ0v) is 47.7. The highest BCUT2D eigenvalue weighted by molar-refractivity contribution is 5.97. The Bertz CT molecular complexity index is 1960. The van der Waals surface area contributed by atoms with Crippen molar-refractivity contribution in [1.82, 2.24) is 21.3 Å². The van der Waals surface area contributed by atoms with E-state index >= 15 is 0 Å².